The maximum Gasteiger partial charge on any atom is 0.341 e. The van der Waals surface area contributed by atoms with E-state index < -0.39 is 5.41 Å². The highest BCUT2D eigenvalue weighted by Crippen LogP contribution is 2.38. The van der Waals surface area contributed by atoms with Gasteiger partial charge >= 0.3 is 5.97 Å². The Morgan fingerprint density at radius 1 is 1.32 bits per heavy atom. The van der Waals surface area contributed by atoms with Crippen LogP contribution < -0.4 is 5.32 Å². The summed E-state index contributed by atoms with van der Waals surface area (Å²) < 4.78 is 5.20. The first-order chi connectivity index (χ1) is 11.8. The monoisotopic (exact) mass is 360 g/mol. The number of thiophene rings is 1. The molecule has 5 nitrogen and oxygen atoms in total. The first-order valence-corrected chi connectivity index (χ1v) is 9.34. The third-order valence-corrected chi connectivity index (χ3v) is 5.27. The maximum atomic E-state index is 12.4. The number of anilines is 1. The molecule has 0 bridgehead atoms. The van der Waals surface area contributed by atoms with Gasteiger partial charge in [-0.15, -0.1) is 11.3 Å². The molecule has 0 saturated heterocycles. The molecule has 1 aliphatic rings. The van der Waals surface area contributed by atoms with Gasteiger partial charge in [0.15, 0.2) is 5.78 Å². The smallest absolute Gasteiger partial charge is 0.341 e. The number of nitrogens with zero attached hydrogens (tertiary/aromatic N) is 1. The lowest BCUT2D eigenvalue weighted by molar-refractivity contribution is -0.122. The molecule has 0 saturated carbocycles. The van der Waals surface area contributed by atoms with E-state index in [0.717, 1.165) is 31.2 Å². The predicted molar refractivity (Wildman–Crippen MR) is 98.7 cm³/mol. The summed E-state index contributed by atoms with van der Waals surface area (Å²) in [6, 6.07) is 1.95. The maximum absolute atomic E-state index is 12.4. The van der Waals surface area contributed by atoms with Gasteiger partial charge in [-0.25, -0.2) is 4.79 Å². The number of aryl methyl sites for hydroxylation is 1. The van der Waals surface area contributed by atoms with Gasteiger partial charge in [0.25, 0.3) is 0 Å². The Morgan fingerprint density at radius 2 is 2.00 bits per heavy atom. The second-order valence-corrected chi connectivity index (χ2v) is 8.13. The normalized spacial score (nSPS) is 14.4. The number of ether oxygens (including phenoxy) is 1. The summed E-state index contributed by atoms with van der Waals surface area (Å²) >= 11 is 1.51. The Morgan fingerprint density at radius 3 is 2.60 bits per heavy atom. The predicted octanol–water partition coefficient (Wildman–Crippen LogP) is 4.24. The van der Waals surface area contributed by atoms with E-state index in [9.17, 15) is 14.9 Å². The fourth-order valence-corrected chi connectivity index (χ4v) is 4.02. The van der Waals surface area contributed by atoms with Gasteiger partial charge < -0.3 is 10.1 Å². The van der Waals surface area contributed by atoms with Crippen LogP contribution in [0.15, 0.2) is 11.8 Å². The molecule has 0 radical (unpaired) electrons. The van der Waals surface area contributed by atoms with Crippen molar-refractivity contribution in [3.05, 3.63) is 27.8 Å². The van der Waals surface area contributed by atoms with Crippen LogP contribution in [0.25, 0.3) is 0 Å². The molecule has 1 aromatic heterocycles. The molecule has 0 spiro atoms. The summed E-state index contributed by atoms with van der Waals surface area (Å²) in [5.41, 5.74) is 1.01. The number of hydrogen-bond donors (Lipinski definition) is 1. The summed E-state index contributed by atoms with van der Waals surface area (Å²) in [6.07, 6.45) is 5.38. The van der Waals surface area contributed by atoms with Crippen LogP contribution in [0.1, 0.15) is 61.3 Å². The molecule has 0 amide bonds. The summed E-state index contributed by atoms with van der Waals surface area (Å²) in [4.78, 5) is 25.9. The Bertz CT molecular complexity index is 748. The molecule has 134 valence electrons. The van der Waals surface area contributed by atoms with Crippen molar-refractivity contribution < 1.29 is 14.3 Å². The SMILES string of the molecule is CCOC(=O)c1c(NC=C(C#N)C(=O)C(C)(C)C)sc2c1CCCC2. The minimum absolute atomic E-state index is 0.0497. The molecule has 0 atom stereocenters. The molecule has 2 rings (SSSR count). The van der Waals surface area contributed by atoms with E-state index in [1.807, 2.05) is 6.07 Å². The molecule has 0 unspecified atom stereocenters. The van der Waals surface area contributed by atoms with Gasteiger partial charge in [0.05, 0.1) is 12.2 Å². The number of hydrogen-bond acceptors (Lipinski definition) is 6. The lowest BCUT2D eigenvalue weighted by Crippen LogP contribution is -2.22. The van der Waals surface area contributed by atoms with Crippen LogP contribution in [-0.4, -0.2) is 18.4 Å². The number of ketones is 1. The van der Waals surface area contributed by atoms with Gasteiger partial charge in [0, 0.05) is 16.5 Å². The van der Waals surface area contributed by atoms with E-state index in [2.05, 4.69) is 5.32 Å². The molecule has 1 aliphatic carbocycles. The van der Waals surface area contributed by atoms with E-state index >= 15 is 0 Å². The zero-order valence-corrected chi connectivity index (χ0v) is 16.0. The highest BCUT2D eigenvalue weighted by Gasteiger charge is 2.27. The van der Waals surface area contributed by atoms with Gasteiger partial charge in [-0.3, -0.25) is 4.79 Å². The lowest BCUT2D eigenvalue weighted by atomic mass is 9.87. The van der Waals surface area contributed by atoms with Crippen molar-refractivity contribution in [2.75, 3.05) is 11.9 Å². The van der Waals surface area contributed by atoms with Crippen molar-refractivity contribution in [2.24, 2.45) is 5.41 Å². The molecule has 0 aliphatic heterocycles. The second-order valence-electron chi connectivity index (χ2n) is 7.03. The summed E-state index contributed by atoms with van der Waals surface area (Å²) in [7, 11) is 0. The number of nitrogens with one attached hydrogen (secondary N) is 1. The standard InChI is InChI=1S/C19H24N2O3S/c1-5-24-18(23)15-13-8-6-7-9-14(13)25-17(15)21-11-12(10-20)16(22)19(2,3)4/h11,21H,5-9H2,1-4H3. The van der Waals surface area contributed by atoms with Crippen LogP contribution in [0.4, 0.5) is 5.00 Å². The highest BCUT2D eigenvalue weighted by atomic mass is 32.1. The Hall–Kier alpha value is -2.13. The van der Waals surface area contributed by atoms with Gasteiger partial charge in [-0.1, -0.05) is 20.8 Å². The number of rotatable bonds is 5. The summed E-state index contributed by atoms with van der Waals surface area (Å²) in [5.74, 6) is -0.583. The summed E-state index contributed by atoms with van der Waals surface area (Å²) in [5, 5.41) is 13.0. The van der Waals surface area contributed by atoms with Crippen LogP contribution in [0.2, 0.25) is 0 Å². The first kappa shape index (κ1) is 19.2. The molecule has 6 heteroatoms. The Balaban J connectivity index is 2.37. The van der Waals surface area contributed by atoms with Crippen LogP contribution in [0.5, 0.6) is 0 Å². The Kier molecular flexibility index (Phi) is 6.02. The van der Waals surface area contributed by atoms with Crippen molar-refractivity contribution in [3.63, 3.8) is 0 Å². The average molecular weight is 360 g/mol. The van der Waals surface area contributed by atoms with Gasteiger partial charge in [-0.2, -0.15) is 5.26 Å². The zero-order chi connectivity index (χ0) is 18.6. The quantitative estimate of drug-likeness (QED) is 0.483. The van der Waals surface area contributed by atoms with Crippen molar-refractivity contribution in [1.82, 2.24) is 0 Å². The molecule has 1 N–H and O–H groups in total. The first-order valence-electron chi connectivity index (χ1n) is 8.52. The zero-order valence-electron chi connectivity index (χ0n) is 15.2. The van der Waals surface area contributed by atoms with Crippen LogP contribution in [0, 0.1) is 16.7 Å². The topological polar surface area (TPSA) is 79.2 Å². The van der Waals surface area contributed by atoms with Gasteiger partial charge in [-0.05, 0) is 38.2 Å². The van der Waals surface area contributed by atoms with Gasteiger partial charge in [0.1, 0.15) is 16.6 Å². The molecular formula is C19H24N2O3S. The number of carbonyl (C=O) groups excluding carboxylic acids is 2. The van der Waals surface area contributed by atoms with E-state index in [-0.39, 0.29) is 17.3 Å². The minimum Gasteiger partial charge on any atom is -0.462 e. The van der Waals surface area contributed by atoms with Crippen molar-refractivity contribution in [2.45, 2.75) is 53.4 Å². The number of Topliss-reactive ketones (excluding diaryl/α,β-unsaturated/α-hetero) is 1. The highest BCUT2D eigenvalue weighted by molar-refractivity contribution is 7.16. The number of nitriles is 1. The molecule has 1 aromatic rings. The minimum atomic E-state index is -0.637. The van der Waals surface area contributed by atoms with Crippen molar-refractivity contribution in [1.29, 1.82) is 5.26 Å². The van der Waals surface area contributed by atoms with Crippen molar-refractivity contribution in [3.8, 4) is 6.07 Å². The number of esters is 1. The van der Waals surface area contributed by atoms with Crippen LogP contribution >= 0.6 is 11.3 Å². The van der Waals surface area contributed by atoms with Crippen molar-refractivity contribution >= 4 is 28.1 Å². The van der Waals surface area contributed by atoms with E-state index in [1.165, 1.54) is 22.4 Å². The third kappa shape index (κ3) is 4.29. The average Bonchev–Trinajstić information content (AvgIpc) is 2.93. The fraction of sp³-hybridized carbons (Fsp3) is 0.526. The van der Waals surface area contributed by atoms with Crippen LogP contribution in [-0.2, 0) is 22.4 Å². The van der Waals surface area contributed by atoms with E-state index in [1.54, 1.807) is 27.7 Å². The van der Waals surface area contributed by atoms with Gasteiger partial charge in [0.2, 0.25) is 0 Å². The third-order valence-electron chi connectivity index (χ3n) is 4.04. The van der Waals surface area contributed by atoms with Crippen LogP contribution in [0.3, 0.4) is 0 Å². The van der Waals surface area contributed by atoms with E-state index in [4.69, 9.17) is 4.74 Å². The largest absolute Gasteiger partial charge is 0.462 e. The van der Waals surface area contributed by atoms with E-state index in [0.29, 0.717) is 17.2 Å². The number of carbonyl (C=O) groups is 2. The molecule has 0 aromatic carbocycles. The lowest BCUT2D eigenvalue weighted by Gasteiger charge is -2.15. The summed E-state index contributed by atoms with van der Waals surface area (Å²) in [6.45, 7) is 7.40. The number of allylic oxidation sites excluding steroid dienone is 1. The molecular weight excluding hydrogens is 336 g/mol. The Labute approximate surface area is 152 Å². The molecule has 25 heavy (non-hydrogen) atoms. The fourth-order valence-electron chi connectivity index (χ4n) is 2.78. The number of fused-ring (bicyclic) bond motifs is 1. The second kappa shape index (κ2) is 7.83. The molecule has 1 heterocycles. The molecule has 0 fully saturated rings.